The van der Waals surface area contributed by atoms with Crippen molar-refractivity contribution in [2.45, 2.75) is 12.3 Å². The normalized spacial score (nSPS) is 10.6. The van der Waals surface area contributed by atoms with Gasteiger partial charge in [0.1, 0.15) is 9.39 Å². The number of carbonyl (C=O) groups excluding carboxylic acids is 1. The fraction of sp³-hybridized carbons (Fsp3) is 0.250. The van der Waals surface area contributed by atoms with Crippen LogP contribution < -0.4 is 0 Å². The first-order valence-corrected chi connectivity index (χ1v) is 5.20. The highest BCUT2D eigenvalue weighted by Crippen LogP contribution is 2.23. The molecule has 0 radical (unpaired) electrons. The van der Waals surface area contributed by atoms with E-state index in [4.69, 9.17) is 11.6 Å². The molecule has 0 aliphatic carbocycles. The van der Waals surface area contributed by atoms with Crippen molar-refractivity contribution in [3.63, 3.8) is 0 Å². The van der Waals surface area contributed by atoms with Crippen LogP contribution in [0.1, 0.15) is 28.0 Å². The maximum absolute atomic E-state index is 12.3. The Morgan fingerprint density at radius 2 is 2.29 bits per heavy atom. The minimum atomic E-state index is -2.65. The molecule has 1 rings (SSSR count). The summed E-state index contributed by atoms with van der Waals surface area (Å²) in [6, 6.07) is 1.16. The number of pyridine rings is 1. The Labute approximate surface area is 97.8 Å². The van der Waals surface area contributed by atoms with Gasteiger partial charge in [-0.3, -0.25) is 4.79 Å². The van der Waals surface area contributed by atoms with Crippen LogP contribution in [0, 0.1) is 3.70 Å². The Kier molecular flexibility index (Phi) is 4.18. The number of carbonyl (C=O) groups is 1. The van der Waals surface area contributed by atoms with Gasteiger partial charge in [0, 0.05) is 5.88 Å². The standard InChI is InChI=1S/C8H5ClF2INO/c9-2-4-1-6(7(10)11)13-8(12)5(4)3-14/h1,3,7H,2H2. The molecule has 1 aromatic heterocycles. The van der Waals surface area contributed by atoms with Crippen molar-refractivity contribution in [1.29, 1.82) is 0 Å². The molecular weight excluding hydrogens is 326 g/mol. The molecule has 1 heterocycles. The second kappa shape index (κ2) is 4.97. The molecule has 1 aromatic rings. The first kappa shape index (κ1) is 11.8. The molecule has 6 heteroatoms. The molecule has 0 atom stereocenters. The summed E-state index contributed by atoms with van der Waals surface area (Å²) in [5.74, 6) is 0.0202. The molecular formula is C8H5ClF2INO. The number of rotatable bonds is 3. The topological polar surface area (TPSA) is 30.0 Å². The smallest absolute Gasteiger partial charge is 0.280 e. The van der Waals surface area contributed by atoms with Crippen LogP contribution in [-0.4, -0.2) is 11.3 Å². The summed E-state index contributed by atoms with van der Waals surface area (Å²) in [6.07, 6.45) is -2.08. The molecule has 0 bridgehead atoms. The van der Waals surface area contributed by atoms with Crippen LogP contribution in [-0.2, 0) is 5.88 Å². The first-order valence-electron chi connectivity index (χ1n) is 3.58. The first-order chi connectivity index (χ1) is 6.60. The second-order valence-corrected chi connectivity index (χ2v) is 3.75. The van der Waals surface area contributed by atoms with Crippen molar-refractivity contribution in [1.82, 2.24) is 4.98 Å². The van der Waals surface area contributed by atoms with Crippen LogP contribution in [0.25, 0.3) is 0 Å². The van der Waals surface area contributed by atoms with Crippen molar-refractivity contribution in [2.24, 2.45) is 0 Å². The maximum Gasteiger partial charge on any atom is 0.280 e. The van der Waals surface area contributed by atoms with E-state index in [2.05, 4.69) is 4.98 Å². The summed E-state index contributed by atoms with van der Waals surface area (Å²) in [7, 11) is 0. The van der Waals surface area contributed by atoms with E-state index in [9.17, 15) is 13.6 Å². The molecule has 2 nitrogen and oxygen atoms in total. The van der Waals surface area contributed by atoms with Crippen LogP contribution in [0.4, 0.5) is 8.78 Å². The summed E-state index contributed by atoms with van der Waals surface area (Å²) in [5, 5.41) is 0. The molecule has 0 amide bonds. The summed E-state index contributed by atoms with van der Waals surface area (Å²) < 4.78 is 24.9. The highest BCUT2D eigenvalue weighted by molar-refractivity contribution is 14.1. The Morgan fingerprint density at radius 1 is 1.64 bits per heavy atom. The predicted molar refractivity (Wildman–Crippen MR) is 56.9 cm³/mol. The third-order valence-electron chi connectivity index (χ3n) is 1.60. The van der Waals surface area contributed by atoms with Gasteiger partial charge in [-0.15, -0.1) is 11.6 Å². The molecule has 0 spiro atoms. The summed E-state index contributed by atoms with van der Waals surface area (Å²) in [5.41, 5.74) is 0.317. The summed E-state index contributed by atoms with van der Waals surface area (Å²) in [4.78, 5) is 14.2. The number of aldehydes is 1. The van der Waals surface area contributed by atoms with Crippen LogP contribution in [0.2, 0.25) is 0 Å². The highest BCUT2D eigenvalue weighted by Gasteiger charge is 2.15. The molecule has 14 heavy (non-hydrogen) atoms. The predicted octanol–water partition coefficient (Wildman–Crippen LogP) is 3.18. The molecule has 76 valence electrons. The molecule has 0 aliphatic rings. The zero-order valence-electron chi connectivity index (χ0n) is 6.81. The van der Waals surface area contributed by atoms with E-state index in [1.807, 2.05) is 0 Å². The van der Waals surface area contributed by atoms with E-state index >= 15 is 0 Å². The minimum absolute atomic E-state index is 0.0202. The van der Waals surface area contributed by atoms with Crippen LogP contribution >= 0.6 is 34.2 Å². The molecule has 0 N–H and O–H groups in total. The van der Waals surface area contributed by atoms with E-state index in [0.29, 0.717) is 11.8 Å². The Morgan fingerprint density at radius 3 is 2.71 bits per heavy atom. The third-order valence-corrected chi connectivity index (χ3v) is 2.71. The number of aromatic nitrogens is 1. The van der Waals surface area contributed by atoms with Crippen molar-refractivity contribution >= 4 is 40.5 Å². The molecule has 0 fully saturated rings. The molecule has 0 saturated heterocycles. The van der Waals surface area contributed by atoms with E-state index in [1.54, 1.807) is 22.6 Å². The lowest BCUT2D eigenvalue weighted by atomic mass is 10.1. The van der Waals surface area contributed by atoms with Crippen molar-refractivity contribution < 1.29 is 13.6 Å². The number of hydrogen-bond acceptors (Lipinski definition) is 2. The zero-order valence-corrected chi connectivity index (χ0v) is 9.72. The van der Waals surface area contributed by atoms with Crippen LogP contribution in [0.15, 0.2) is 6.07 Å². The van der Waals surface area contributed by atoms with Gasteiger partial charge in [-0.1, -0.05) is 0 Å². The van der Waals surface area contributed by atoms with Gasteiger partial charge in [0.25, 0.3) is 6.43 Å². The number of alkyl halides is 3. The van der Waals surface area contributed by atoms with E-state index in [0.717, 1.165) is 6.07 Å². The lowest BCUT2D eigenvalue weighted by Crippen LogP contribution is -2.02. The average molecular weight is 331 g/mol. The molecule has 0 saturated carbocycles. The minimum Gasteiger partial charge on any atom is -0.298 e. The van der Waals surface area contributed by atoms with Gasteiger partial charge in [-0.25, -0.2) is 13.8 Å². The Bertz CT molecular complexity index is 359. The van der Waals surface area contributed by atoms with E-state index in [-0.39, 0.29) is 20.8 Å². The monoisotopic (exact) mass is 331 g/mol. The highest BCUT2D eigenvalue weighted by atomic mass is 127. The fourth-order valence-corrected chi connectivity index (χ4v) is 1.91. The van der Waals surface area contributed by atoms with Gasteiger partial charge in [0.05, 0.1) is 5.56 Å². The summed E-state index contributed by atoms with van der Waals surface area (Å²) in [6.45, 7) is 0. The van der Waals surface area contributed by atoms with Gasteiger partial charge in [-0.2, -0.15) is 0 Å². The summed E-state index contributed by atoms with van der Waals surface area (Å²) >= 11 is 7.26. The van der Waals surface area contributed by atoms with Crippen LogP contribution in [0.5, 0.6) is 0 Å². The van der Waals surface area contributed by atoms with Crippen molar-refractivity contribution in [2.75, 3.05) is 0 Å². The van der Waals surface area contributed by atoms with E-state index in [1.165, 1.54) is 0 Å². The largest absolute Gasteiger partial charge is 0.298 e. The van der Waals surface area contributed by atoms with Crippen LogP contribution in [0.3, 0.4) is 0 Å². The molecule has 0 aliphatic heterocycles. The SMILES string of the molecule is O=Cc1c(CCl)cc(C(F)F)nc1I. The zero-order chi connectivity index (χ0) is 10.7. The fourth-order valence-electron chi connectivity index (χ4n) is 0.941. The lowest BCUT2D eigenvalue weighted by Gasteiger charge is -2.06. The molecule has 0 unspecified atom stereocenters. The van der Waals surface area contributed by atoms with Gasteiger partial charge >= 0.3 is 0 Å². The van der Waals surface area contributed by atoms with Crippen molar-refractivity contribution in [3.8, 4) is 0 Å². The number of hydrogen-bond donors (Lipinski definition) is 0. The Hall–Kier alpha value is -0.300. The quantitative estimate of drug-likeness (QED) is 0.368. The average Bonchev–Trinajstić information content (AvgIpc) is 2.16. The lowest BCUT2D eigenvalue weighted by molar-refractivity contribution is 0.112. The van der Waals surface area contributed by atoms with E-state index < -0.39 is 6.43 Å². The van der Waals surface area contributed by atoms with Gasteiger partial charge in [0.15, 0.2) is 6.29 Å². The third kappa shape index (κ3) is 2.38. The van der Waals surface area contributed by atoms with Gasteiger partial charge in [0.2, 0.25) is 0 Å². The van der Waals surface area contributed by atoms with Gasteiger partial charge < -0.3 is 0 Å². The second-order valence-electron chi connectivity index (χ2n) is 2.46. The maximum atomic E-state index is 12.3. The molecule has 0 aromatic carbocycles. The van der Waals surface area contributed by atoms with Gasteiger partial charge in [-0.05, 0) is 34.2 Å². The number of nitrogens with zero attached hydrogens (tertiary/aromatic N) is 1. The number of halogens is 4. The van der Waals surface area contributed by atoms with Crippen molar-refractivity contribution in [3.05, 3.63) is 26.6 Å². The Balaban J connectivity index is 3.31.